The quantitative estimate of drug-likeness (QED) is 0.767. The predicted octanol–water partition coefficient (Wildman–Crippen LogP) is 4.04. The van der Waals surface area contributed by atoms with Crippen molar-refractivity contribution in [3.8, 4) is 0 Å². The lowest BCUT2D eigenvalue weighted by Crippen LogP contribution is -2.39. The molecule has 1 aromatic carbocycles. The SMILES string of the molecule is CCC1(C)CCN(c2ccc(F)cc2C(C)=O)CC1. The molecule has 0 bridgehead atoms. The van der Waals surface area contributed by atoms with Crippen molar-refractivity contribution < 1.29 is 9.18 Å². The second kappa shape index (κ2) is 5.32. The molecular formula is C16H22FNO. The van der Waals surface area contributed by atoms with Crippen LogP contribution in [0, 0.1) is 11.2 Å². The Balaban J connectivity index is 2.22. The number of hydrogen-bond acceptors (Lipinski definition) is 2. The minimum atomic E-state index is -0.343. The van der Waals surface area contributed by atoms with E-state index in [2.05, 4.69) is 18.7 Å². The van der Waals surface area contributed by atoms with Crippen LogP contribution in [0.1, 0.15) is 50.4 Å². The van der Waals surface area contributed by atoms with Crippen molar-refractivity contribution in [2.24, 2.45) is 5.41 Å². The van der Waals surface area contributed by atoms with Crippen LogP contribution in [0.4, 0.5) is 10.1 Å². The highest BCUT2D eigenvalue weighted by molar-refractivity contribution is 5.99. The van der Waals surface area contributed by atoms with Gasteiger partial charge in [-0.25, -0.2) is 4.39 Å². The Bertz CT molecular complexity index is 476. The van der Waals surface area contributed by atoms with Crippen molar-refractivity contribution in [2.75, 3.05) is 18.0 Å². The summed E-state index contributed by atoms with van der Waals surface area (Å²) in [6.07, 6.45) is 3.43. The second-order valence-electron chi connectivity index (χ2n) is 5.87. The Hall–Kier alpha value is -1.38. The number of ketones is 1. The average Bonchev–Trinajstić information content (AvgIpc) is 2.40. The molecule has 3 heteroatoms. The Labute approximate surface area is 114 Å². The minimum absolute atomic E-state index is 0.0710. The summed E-state index contributed by atoms with van der Waals surface area (Å²) in [5, 5.41) is 0. The number of carbonyl (C=O) groups excluding carboxylic acids is 1. The number of anilines is 1. The van der Waals surface area contributed by atoms with E-state index in [0.29, 0.717) is 11.0 Å². The summed E-state index contributed by atoms with van der Waals surface area (Å²) in [5.41, 5.74) is 1.79. The van der Waals surface area contributed by atoms with Gasteiger partial charge in [-0.1, -0.05) is 20.3 Å². The van der Waals surface area contributed by atoms with Gasteiger partial charge in [-0.15, -0.1) is 0 Å². The topological polar surface area (TPSA) is 20.3 Å². The second-order valence-corrected chi connectivity index (χ2v) is 5.87. The third-order valence-electron chi connectivity index (χ3n) is 4.50. The number of Topliss-reactive ketones (excluding diaryl/α,β-unsaturated/α-hetero) is 1. The number of rotatable bonds is 3. The number of carbonyl (C=O) groups is 1. The molecule has 1 aliphatic rings. The van der Waals surface area contributed by atoms with Crippen molar-refractivity contribution in [2.45, 2.75) is 40.0 Å². The molecule has 0 radical (unpaired) electrons. The fraction of sp³-hybridized carbons (Fsp3) is 0.562. The largest absolute Gasteiger partial charge is 0.371 e. The molecule has 2 nitrogen and oxygen atoms in total. The lowest BCUT2D eigenvalue weighted by molar-refractivity contribution is 0.101. The summed E-state index contributed by atoms with van der Waals surface area (Å²) in [6.45, 7) is 7.93. The van der Waals surface area contributed by atoms with Crippen LogP contribution in [0.25, 0.3) is 0 Å². The molecule has 19 heavy (non-hydrogen) atoms. The van der Waals surface area contributed by atoms with Gasteiger partial charge in [0.1, 0.15) is 5.82 Å². The Kier molecular flexibility index (Phi) is 3.93. The van der Waals surface area contributed by atoms with Gasteiger partial charge >= 0.3 is 0 Å². The first kappa shape index (κ1) is 14.0. The molecule has 2 rings (SSSR count). The molecule has 0 atom stereocenters. The fourth-order valence-electron chi connectivity index (χ4n) is 2.71. The molecule has 1 fully saturated rings. The monoisotopic (exact) mass is 263 g/mol. The van der Waals surface area contributed by atoms with E-state index in [1.165, 1.54) is 25.5 Å². The number of nitrogens with zero attached hydrogens (tertiary/aromatic N) is 1. The van der Waals surface area contributed by atoms with E-state index < -0.39 is 0 Å². The molecule has 0 amide bonds. The average molecular weight is 263 g/mol. The van der Waals surface area contributed by atoms with Crippen molar-refractivity contribution in [1.29, 1.82) is 0 Å². The lowest BCUT2D eigenvalue weighted by atomic mass is 9.78. The number of hydrogen-bond donors (Lipinski definition) is 0. The van der Waals surface area contributed by atoms with Gasteiger partial charge in [-0.2, -0.15) is 0 Å². The van der Waals surface area contributed by atoms with E-state index >= 15 is 0 Å². The van der Waals surface area contributed by atoms with Gasteiger partial charge in [0.05, 0.1) is 0 Å². The van der Waals surface area contributed by atoms with Crippen LogP contribution in [0.15, 0.2) is 18.2 Å². The van der Waals surface area contributed by atoms with E-state index in [9.17, 15) is 9.18 Å². The molecule has 1 aromatic rings. The summed E-state index contributed by atoms with van der Waals surface area (Å²) in [4.78, 5) is 13.9. The van der Waals surface area contributed by atoms with E-state index in [4.69, 9.17) is 0 Å². The van der Waals surface area contributed by atoms with Gasteiger partial charge in [0.15, 0.2) is 5.78 Å². The summed E-state index contributed by atoms with van der Waals surface area (Å²) in [5.74, 6) is -0.414. The highest BCUT2D eigenvalue weighted by Gasteiger charge is 2.29. The maximum atomic E-state index is 13.3. The van der Waals surface area contributed by atoms with Crippen molar-refractivity contribution in [3.05, 3.63) is 29.6 Å². The van der Waals surface area contributed by atoms with Crippen molar-refractivity contribution in [1.82, 2.24) is 0 Å². The zero-order chi connectivity index (χ0) is 14.0. The standard InChI is InChI=1S/C16H22FNO/c1-4-16(3)7-9-18(10-8-16)15-6-5-13(17)11-14(15)12(2)19/h5-6,11H,4,7-10H2,1-3H3. The third-order valence-corrected chi connectivity index (χ3v) is 4.50. The van der Waals surface area contributed by atoms with E-state index in [0.717, 1.165) is 31.6 Å². The molecule has 1 aliphatic heterocycles. The van der Waals surface area contributed by atoms with Gasteiger partial charge in [0, 0.05) is 24.3 Å². The van der Waals surface area contributed by atoms with Gasteiger partial charge in [0.25, 0.3) is 0 Å². The number of piperidine rings is 1. The van der Waals surface area contributed by atoms with Gasteiger partial charge in [-0.05, 0) is 43.4 Å². The smallest absolute Gasteiger partial charge is 0.161 e. The normalized spacial score (nSPS) is 18.4. The fourth-order valence-corrected chi connectivity index (χ4v) is 2.71. The maximum Gasteiger partial charge on any atom is 0.161 e. The van der Waals surface area contributed by atoms with E-state index in [1.54, 1.807) is 6.07 Å². The van der Waals surface area contributed by atoms with Gasteiger partial charge < -0.3 is 4.90 Å². The third kappa shape index (κ3) is 2.96. The predicted molar refractivity (Wildman–Crippen MR) is 76.2 cm³/mol. The molecule has 1 heterocycles. The van der Waals surface area contributed by atoms with Crippen molar-refractivity contribution >= 4 is 11.5 Å². The van der Waals surface area contributed by atoms with Gasteiger partial charge in [0.2, 0.25) is 0 Å². The Morgan fingerprint density at radius 3 is 2.53 bits per heavy atom. The zero-order valence-electron chi connectivity index (χ0n) is 12.0. The first-order valence-electron chi connectivity index (χ1n) is 7.00. The van der Waals surface area contributed by atoms with Crippen LogP contribution in [0.2, 0.25) is 0 Å². The highest BCUT2D eigenvalue weighted by atomic mass is 19.1. The number of halogens is 1. The first-order chi connectivity index (χ1) is 8.95. The molecule has 0 unspecified atom stereocenters. The van der Waals surface area contributed by atoms with Crippen LogP contribution >= 0.6 is 0 Å². The molecular weight excluding hydrogens is 241 g/mol. The zero-order valence-corrected chi connectivity index (χ0v) is 12.0. The summed E-state index contributed by atoms with van der Waals surface area (Å²) in [7, 11) is 0. The lowest BCUT2D eigenvalue weighted by Gasteiger charge is -2.40. The summed E-state index contributed by atoms with van der Waals surface area (Å²) >= 11 is 0. The van der Waals surface area contributed by atoms with Crippen LogP contribution in [-0.2, 0) is 0 Å². The summed E-state index contributed by atoms with van der Waals surface area (Å²) in [6, 6.07) is 4.53. The molecule has 0 spiro atoms. The van der Waals surface area contributed by atoms with Crippen LogP contribution in [0.5, 0.6) is 0 Å². The highest BCUT2D eigenvalue weighted by Crippen LogP contribution is 2.36. The molecule has 0 N–H and O–H groups in total. The molecule has 104 valence electrons. The molecule has 0 saturated carbocycles. The summed E-state index contributed by atoms with van der Waals surface area (Å²) < 4.78 is 13.3. The van der Waals surface area contributed by atoms with Crippen LogP contribution in [-0.4, -0.2) is 18.9 Å². The number of benzene rings is 1. The van der Waals surface area contributed by atoms with Crippen LogP contribution in [0.3, 0.4) is 0 Å². The molecule has 1 saturated heterocycles. The first-order valence-corrected chi connectivity index (χ1v) is 7.00. The van der Waals surface area contributed by atoms with Crippen LogP contribution < -0.4 is 4.90 Å². The maximum absolute atomic E-state index is 13.3. The van der Waals surface area contributed by atoms with E-state index in [1.807, 2.05) is 0 Å². The van der Waals surface area contributed by atoms with E-state index in [-0.39, 0.29) is 11.6 Å². The Morgan fingerprint density at radius 1 is 1.37 bits per heavy atom. The van der Waals surface area contributed by atoms with Gasteiger partial charge in [-0.3, -0.25) is 4.79 Å². The molecule has 0 aromatic heterocycles. The van der Waals surface area contributed by atoms with Crippen molar-refractivity contribution in [3.63, 3.8) is 0 Å². The minimum Gasteiger partial charge on any atom is -0.371 e. The molecule has 0 aliphatic carbocycles. The Morgan fingerprint density at radius 2 is 2.00 bits per heavy atom.